The highest BCUT2D eigenvalue weighted by Crippen LogP contribution is 2.31. The zero-order valence-corrected chi connectivity index (χ0v) is 12.3. The maximum atomic E-state index is 3.62. The van der Waals surface area contributed by atoms with Crippen LogP contribution in [-0.4, -0.2) is 19.1 Å². The molecule has 0 saturated carbocycles. The maximum Gasteiger partial charge on any atom is 0.0631 e. The third-order valence-electron chi connectivity index (χ3n) is 2.89. The molecule has 1 aromatic carbocycles. The van der Waals surface area contributed by atoms with E-state index in [2.05, 4.69) is 54.6 Å². The lowest BCUT2D eigenvalue weighted by atomic mass is 10.1. The van der Waals surface area contributed by atoms with Crippen molar-refractivity contribution in [2.75, 3.05) is 18.4 Å². The van der Waals surface area contributed by atoms with Crippen LogP contribution in [0.3, 0.4) is 0 Å². The first-order valence-electron chi connectivity index (χ1n) is 5.68. The van der Waals surface area contributed by atoms with Gasteiger partial charge in [-0.2, -0.15) is 0 Å². The topological polar surface area (TPSA) is 24.1 Å². The molecule has 1 heterocycles. The molecule has 1 unspecified atom stereocenters. The van der Waals surface area contributed by atoms with Gasteiger partial charge < -0.3 is 10.6 Å². The van der Waals surface area contributed by atoms with Crippen molar-refractivity contribution in [2.45, 2.75) is 25.3 Å². The van der Waals surface area contributed by atoms with Gasteiger partial charge in [-0.25, -0.2) is 0 Å². The number of para-hydroxylation sites is 1. The van der Waals surface area contributed by atoms with E-state index in [9.17, 15) is 0 Å². The van der Waals surface area contributed by atoms with E-state index in [4.69, 9.17) is 0 Å². The van der Waals surface area contributed by atoms with E-state index in [0.29, 0.717) is 6.04 Å². The van der Waals surface area contributed by atoms with Crippen LogP contribution in [0.15, 0.2) is 27.1 Å². The summed E-state index contributed by atoms with van der Waals surface area (Å²) in [5, 5.41) is 7.05. The van der Waals surface area contributed by atoms with Gasteiger partial charge in [-0.05, 0) is 76.3 Å². The second-order valence-electron chi connectivity index (χ2n) is 4.12. The molecule has 1 aliphatic heterocycles. The molecule has 16 heavy (non-hydrogen) atoms. The molecule has 1 fully saturated rings. The average Bonchev–Trinajstić information content (AvgIpc) is 2.52. The predicted octanol–water partition coefficient (Wildman–Crippen LogP) is 3.77. The van der Waals surface area contributed by atoms with Crippen LogP contribution in [0.2, 0.25) is 0 Å². The normalized spacial score (nSPS) is 21.5. The molecule has 0 radical (unpaired) electrons. The summed E-state index contributed by atoms with van der Waals surface area (Å²) in [5.74, 6) is 0. The number of anilines is 1. The molecule has 88 valence electrons. The summed E-state index contributed by atoms with van der Waals surface area (Å²) in [6.45, 7) is 2.26. The summed E-state index contributed by atoms with van der Waals surface area (Å²) < 4.78 is 2.25. The van der Waals surface area contributed by atoms with Crippen molar-refractivity contribution in [2.24, 2.45) is 0 Å². The first-order chi connectivity index (χ1) is 7.77. The minimum Gasteiger partial charge on any atom is -0.380 e. The number of rotatable bonds is 2. The molecule has 0 spiro atoms. The number of nitrogens with one attached hydrogen (secondary N) is 2. The lowest BCUT2D eigenvalue weighted by Gasteiger charge is -2.19. The smallest absolute Gasteiger partial charge is 0.0631 e. The Balaban J connectivity index is 2.07. The lowest BCUT2D eigenvalue weighted by Crippen LogP contribution is -2.21. The molecule has 2 nitrogen and oxygen atoms in total. The maximum absolute atomic E-state index is 3.62. The Labute approximate surface area is 113 Å². The fourth-order valence-corrected chi connectivity index (χ4v) is 3.23. The molecule has 1 aromatic rings. The van der Waals surface area contributed by atoms with Crippen LogP contribution < -0.4 is 10.6 Å². The van der Waals surface area contributed by atoms with Gasteiger partial charge in [0, 0.05) is 15.0 Å². The van der Waals surface area contributed by atoms with Gasteiger partial charge in [-0.15, -0.1) is 0 Å². The van der Waals surface area contributed by atoms with Crippen LogP contribution >= 0.6 is 31.9 Å². The van der Waals surface area contributed by atoms with Gasteiger partial charge in [0.15, 0.2) is 0 Å². The monoisotopic (exact) mass is 346 g/mol. The number of hydrogen-bond acceptors (Lipinski definition) is 2. The Morgan fingerprint density at radius 1 is 1.12 bits per heavy atom. The van der Waals surface area contributed by atoms with Crippen LogP contribution in [0.5, 0.6) is 0 Å². The summed E-state index contributed by atoms with van der Waals surface area (Å²) in [4.78, 5) is 0. The van der Waals surface area contributed by atoms with Crippen molar-refractivity contribution in [3.05, 3.63) is 27.1 Å². The van der Waals surface area contributed by atoms with Crippen molar-refractivity contribution in [3.63, 3.8) is 0 Å². The molecular formula is C12H16Br2N2. The van der Waals surface area contributed by atoms with Crippen molar-refractivity contribution >= 4 is 37.5 Å². The standard InChI is InChI=1S/C12H16Br2N2/c13-10-4-1-5-11(14)12(10)16-9-3-2-7-15-8-6-9/h1,4-5,9,15-16H,2-3,6-8H2. The van der Waals surface area contributed by atoms with Crippen molar-refractivity contribution in [1.29, 1.82) is 0 Å². The van der Waals surface area contributed by atoms with E-state index in [1.807, 2.05) is 6.07 Å². The van der Waals surface area contributed by atoms with Crippen molar-refractivity contribution < 1.29 is 0 Å². The molecule has 0 bridgehead atoms. The SMILES string of the molecule is Brc1cccc(Br)c1NC1CCCNCC1. The highest BCUT2D eigenvalue weighted by Gasteiger charge is 2.14. The van der Waals surface area contributed by atoms with Gasteiger partial charge in [0.25, 0.3) is 0 Å². The predicted molar refractivity (Wildman–Crippen MR) is 76.0 cm³/mol. The molecule has 0 amide bonds. The van der Waals surface area contributed by atoms with E-state index in [0.717, 1.165) is 22.0 Å². The molecule has 4 heteroatoms. The largest absolute Gasteiger partial charge is 0.380 e. The lowest BCUT2D eigenvalue weighted by molar-refractivity contribution is 0.637. The Kier molecular flexibility index (Phi) is 4.67. The number of benzene rings is 1. The highest BCUT2D eigenvalue weighted by molar-refractivity contribution is 9.11. The van der Waals surface area contributed by atoms with Crippen LogP contribution in [0.1, 0.15) is 19.3 Å². The molecular weight excluding hydrogens is 332 g/mol. The molecule has 1 atom stereocenters. The van der Waals surface area contributed by atoms with E-state index < -0.39 is 0 Å². The van der Waals surface area contributed by atoms with Crippen LogP contribution in [0, 0.1) is 0 Å². The summed E-state index contributed by atoms with van der Waals surface area (Å²) in [5.41, 5.74) is 1.18. The van der Waals surface area contributed by atoms with Gasteiger partial charge in [-0.1, -0.05) is 6.07 Å². The highest BCUT2D eigenvalue weighted by atomic mass is 79.9. The Bertz CT molecular complexity index is 327. The van der Waals surface area contributed by atoms with Gasteiger partial charge in [0.05, 0.1) is 5.69 Å². The van der Waals surface area contributed by atoms with Crippen LogP contribution in [0.4, 0.5) is 5.69 Å². The number of halogens is 2. The summed E-state index contributed by atoms with van der Waals surface area (Å²) in [6, 6.07) is 6.75. The first-order valence-corrected chi connectivity index (χ1v) is 7.27. The van der Waals surface area contributed by atoms with E-state index in [-0.39, 0.29) is 0 Å². The first kappa shape index (κ1) is 12.4. The molecule has 0 aliphatic carbocycles. The number of hydrogen-bond donors (Lipinski definition) is 2. The summed E-state index contributed by atoms with van der Waals surface area (Å²) >= 11 is 7.17. The Hall–Kier alpha value is -0.0600. The summed E-state index contributed by atoms with van der Waals surface area (Å²) in [7, 11) is 0. The quantitative estimate of drug-likeness (QED) is 0.851. The molecule has 2 N–H and O–H groups in total. The fraction of sp³-hybridized carbons (Fsp3) is 0.500. The van der Waals surface area contributed by atoms with Gasteiger partial charge in [-0.3, -0.25) is 0 Å². The van der Waals surface area contributed by atoms with E-state index in [1.54, 1.807) is 0 Å². The summed E-state index contributed by atoms with van der Waals surface area (Å²) in [6.07, 6.45) is 3.67. The zero-order chi connectivity index (χ0) is 11.4. The molecule has 2 rings (SSSR count). The second-order valence-corrected chi connectivity index (χ2v) is 5.83. The average molecular weight is 348 g/mol. The van der Waals surface area contributed by atoms with E-state index in [1.165, 1.54) is 24.9 Å². The zero-order valence-electron chi connectivity index (χ0n) is 9.10. The third-order valence-corrected chi connectivity index (χ3v) is 4.21. The van der Waals surface area contributed by atoms with Crippen LogP contribution in [-0.2, 0) is 0 Å². The van der Waals surface area contributed by atoms with Crippen molar-refractivity contribution in [3.8, 4) is 0 Å². The Morgan fingerprint density at radius 2 is 1.88 bits per heavy atom. The minimum absolute atomic E-state index is 0.574. The molecule has 1 saturated heterocycles. The van der Waals surface area contributed by atoms with Gasteiger partial charge in [0.2, 0.25) is 0 Å². The Morgan fingerprint density at radius 3 is 2.62 bits per heavy atom. The van der Waals surface area contributed by atoms with Crippen molar-refractivity contribution in [1.82, 2.24) is 5.32 Å². The second kappa shape index (κ2) is 6.03. The fourth-order valence-electron chi connectivity index (χ4n) is 2.00. The third kappa shape index (κ3) is 3.22. The molecule has 1 aliphatic rings. The molecule has 0 aromatic heterocycles. The van der Waals surface area contributed by atoms with Gasteiger partial charge >= 0.3 is 0 Å². The minimum atomic E-state index is 0.574. The van der Waals surface area contributed by atoms with Crippen LogP contribution in [0.25, 0.3) is 0 Å². The van der Waals surface area contributed by atoms with Gasteiger partial charge in [0.1, 0.15) is 0 Å². The van der Waals surface area contributed by atoms with E-state index >= 15 is 0 Å².